The Labute approximate surface area is 185 Å². The lowest BCUT2D eigenvalue weighted by molar-refractivity contribution is 0.368. The average molecular weight is 461 g/mol. The standard InChI is InChI=1S/C21H21ClN4O6/c1-8(2)25-18(28)14(16(27)23-20(25)30)13-11-7-10(22)5-6-12(11)32-17-15(13)19(29)26(9(3)4)21(31)24-17/h5-9,13,28H,1-4H3,(H,24,31)(H,23,27,30)/t13-/m1/s1. The third-order valence-electron chi connectivity index (χ3n) is 5.39. The van der Waals surface area contributed by atoms with Gasteiger partial charge in [-0.1, -0.05) is 11.6 Å². The van der Waals surface area contributed by atoms with Crippen LogP contribution in [0.15, 0.2) is 37.4 Å². The Morgan fingerprint density at radius 1 is 0.969 bits per heavy atom. The lowest BCUT2D eigenvalue weighted by Gasteiger charge is -2.29. The van der Waals surface area contributed by atoms with Gasteiger partial charge >= 0.3 is 11.4 Å². The summed E-state index contributed by atoms with van der Waals surface area (Å²) in [5.41, 5.74) is -2.96. The van der Waals surface area contributed by atoms with Crippen LogP contribution in [0.3, 0.4) is 0 Å². The number of nitrogens with zero attached hydrogens (tertiary/aromatic N) is 2. The number of rotatable bonds is 3. The molecule has 0 saturated carbocycles. The minimum absolute atomic E-state index is 0.0529. The Kier molecular flexibility index (Phi) is 5.12. The monoisotopic (exact) mass is 460 g/mol. The summed E-state index contributed by atoms with van der Waals surface area (Å²) in [4.78, 5) is 56.0. The van der Waals surface area contributed by atoms with Gasteiger partial charge in [0.2, 0.25) is 11.8 Å². The van der Waals surface area contributed by atoms with E-state index in [0.29, 0.717) is 10.6 Å². The molecule has 10 nitrogen and oxygen atoms in total. The Balaban J connectivity index is 2.19. The second kappa shape index (κ2) is 7.56. The van der Waals surface area contributed by atoms with Crippen molar-refractivity contribution >= 4 is 11.6 Å². The minimum Gasteiger partial charge on any atom is -0.494 e. The number of hydrogen-bond donors (Lipinski definition) is 3. The van der Waals surface area contributed by atoms with Crippen molar-refractivity contribution in [2.75, 3.05) is 0 Å². The van der Waals surface area contributed by atoms with Crippen molar-refractivity contribution in [1.82, 2.24) is 19.1 Å². The largest absolute Gasteiger partial charge is 0.494 e. The SMILES string of the molecule is CC(C)n1c(O)c([C@H]2c3cc(Cl)ccc3Oc3[nH]c(=O)n(C(C)C)c(=O)c32)c(=O)[nH]c1=O. The number of H-pyrrole nitrogens is 2. The molecule has 0 aliphatic carbocycles. The van der Waals surface area contributed by atoms with Crippen molar-refractivity contribution in [3.8, 4) is 17.5 Å². The zero-order valence-electron chi connectivity index (χ0n) is 17.7. The number of benzene rings is 1. The van der Waals surface area contributed by atoms with E-state index in [1.165, 1.54) is 12.1 Å². The van der Waals surface area contributed by atoms with E-state index in [4.69, 9.17) is 16.3 Å². The highest BCUT2D eigenvalue weighted by Gasteiger charge is 2.38. The number of hydrogen-bond acceptors (Lipinski definition) is 6. The van der Waals surface area contributed by atoms with Crippen LogP contribution >= 0.6 is 11.6 Å². The van der Waals surface area contributed by atoms with Crippen molar-refractivity contribution in [1.29, 1.82) is 0 Å². The normalized spacial score (nSPS) is 14.9. The van der Waals surface area contributed by atoms with Crippen LogP contribution in [-0.4, -0.2) is 24.2 Å². The third-order valence-corrected chi connectivity index (χ3v) is 5.63. The maximum atomic E-state index is 13.4. The summed E-state index contributed by atoms with van der Waals surface area (Å²) in [6.45, 7) is 6.65. The van der Waals surface area contributed by atoms with Crippen LogP contribution in [-0.2, 0) is 0 Å². The van der Waals surface area contributed by atoms with Crippen molar-refractivity contribution < 1.29 is 9.84 Å². The van der Waals surface area contributed by atoms with Gasteiger partial charge in [0, 0.05) is 22.7 Å². The fraction of sp³-hybridized carbons (Fsp3) is 0.333. The highest BCUT2D eigenvalue weighted by atomic mass is 35.5. The molecular formula is C21H21ClN4O6. The predicted molar refractivity (Wildman–Crippen MR) is 118 cm³/mol. The van der Waals surface area contributed by atoms with Gasteiger partial charge in [-0.25, -0.2) is 9.59 Å². The van der Waals surface area contributed by atoms with Crippen LogP contribution in [0.1, 0.15) is 62.4 Å². The molecule has 3 N–H and O–H groups in total. The highest BCUT2D eigenvalue weighted by Crippen LogP contribution is 2.46. The number of aromatic amines is 2. The smallest absolute Gasteiger partial charge is 0.331 e. The number of fused-ring (bicyclic) bond motifs is 2. The first kappa shape index (κ1) is 21.7. The number of nitrogens with one attached hydrogen (secondary N) is 2. The fourth-order valence-electron chi connectivity index (χ4n) is 4.04. The van der Waals surface area contributed by atoms with E-state index < -0.39 is 46.4 Å². The first-order chi connectivity index (χ1) is 15.0. The quantitative estimate of drug-likeness (QED) is 0.428. The van der Waals surface area contributed by atoms with Gasteiger partial charge in [-0.05, 0) is 45.9 Å². The van der Waals surface area contributed by atoms with Crippen LogP contribution < -0.4 is 27.2 Å². The molecule has 0 bridgehead atoms. The van der Waals surface area contributed by atoms with E-state index in [9.17, 15) is 24.3 Å². The maximum absolute atomic E-state index is 13.4. The molecule has 3 aromatic rings. The van der Waals surface area contributed by atoms with Crippen LogP contribution in [0.2, 0.25) is 5.02 Å². The van der Waals surface area contributed by atoms with E-state index in [1.807, 2.05) is 0 Å². The molecule has 4 rings (SSSR count). The lowest BCUT2D eigenvalue weighted by atomic mass is 9.84. The van der Waals surface area contributed by atoms with Crippen molar-refractivity contribution in [2.45, 2.75) is 45.7 Å². The molecule has 0 saturated heterocycles. The molecule has 0 radical (unpaired) electrons. The molecule has 0 spiro atoms. The first-order valence-corrected chi connectivity index (χ1v) is 10.3. The van der Waals surface area contributed by atoms with E-state index in [2.05, 4.69) is 9.97 Å². The molecule has 1 aromatic carbocycles. The van der Waals surface area contributed by atoms with Gasteiger partial charge in [-0.3, -0.25) is 28.7 Å². The summed E-state index contributed by atoms with van der Waals surface area (Å²) in [5, 5.41) is 11.3. The maximum Gasteiger partial charge on any atom is 0.331 e. The van der Waals surface area contributed by atoms with E-state index >= 15 is 0 Å². The van der Waals surface area contributed by atoms with Gasteiger partial charge in [0.25, 0.3) is 11.1 Å². The summed E-state index contributed by atoms with van der Waals surface area (Å²) in [7, 11) is 0. The summed E-state index contributed by atoms with van der Waals surface area (Å²) < 4.78 is 7.78. The number of halogens is 1. The lowest BCUT2D eigenvalue weighted by Crippen LogP contribution is -2.42. The third kappa shape index (κ3) is 3.18. The molecule has 1 aliphatic heterocycles. The minimum atomic E-state index is -1.16. The van der Waals surface area contributed by atoms with Gasteiger partial charge in [0.05, 0.1) is 17.0 Å². The van der Waals surface area contributed by atoms with E-state index in [-0.39, 0.29) is 22.8 Å². The fourth-order valence-corrected chi connectivity index (χ4v) is 4.22. The molecule has 168 valence electrons. The van der Waals surface area contributed by atoms with Gasteiger partial charge in [-0.2, -0.15) is 0 Å². The van der Waals surface area contributed by atoms with Gasteiger partial charge in [-0.15, -0.1) is 0 Å². The molecular weight excluding hydrogens is 440 g/mol. The molecule has 2 aromatic heterocycles. The van der Waals surface area contributed by atoms with Crippen LogP contribution in [0, 0.1) is 0 Å². The molecule has 1 atom stereocenters. The topological polar surface area (TPSA) is 139 Å². The first-order valence-electron chi connectivity index (χ1n) is 9.96. The zero-order valence-corrected chi connectivity index (χ0v) is 18.5. The Morgan fingerprint density at radius 2 is 1.59 bits per heavy atom. The number of ether oxygens (including phenoxy) is 1. The molecule has 32 heavy (non-hydrogen) atoms. The van der Waals surface area contributed by atoms with Crippen LogP contribution in [0.5, 0.6) is 17.5 Å². The predicted octanol–water partition coefficient (Wildman–Crippen LogP) is 2.19. The van der Waals surface area contributed by atoms with E-state index in [0.717, 1.165) is 9.13 Å². The Hall–Kier alpha value is -3.53. The van der Waals surface area contributed by atoms with Gasteiger partial charge in [0.15, 0.2) is 0 Å². The van der Waals surface area contributed by atoms with Gasteiger partial charge < -0.3 is 9.84 Å². The van der Waals surface area contributed by atoms with Crippen molar-refractivity contribution in [3.63, 3.8) is 0 Å². The summed E-state index contributed by atoms with van der Waals surface area (Å²) in [5.74, 6) is -1.64. The summed E-state index contributed by atoms with van der Waals surface area (Å²) in [6, 6.07) is 3.62. The molecule has 0 unspecified atom stereocenters. The molecule has 0 fully saturated rings. The van der Waals surface area contributed by atoms with Crippen LogP contribution in [0.4, 0.5) is 0 Å². The molecule has 3 heterocycles. The van der Waals surface area contributed by atoms with Crippen LogP contribution in [0.25, 0.3) is 0 Å². The van der Waals surface area contributed by atoms with Crippen molar-refractivity contribution in [3.05, 3.63) is 81.6 Å². The van der Waals surface area contributed by atoms with E-state index in [1.54, 1.807) is 33.8 Å². The van der Waals surface area contributed by atoms with Crippen molar-refractivity contribution in [2.24, 2.45) is 0 Å². The van der Waals surface area contributed by atoms with Gasteiger partial charge in [0.1, 0.15) is 5.75 Å². The second-order valence-electron chi connectivity index (χ2n) is 8.12. The Bertz CT molecular complexity index is 1480. The number of aromatic hydroxyl groups is 1. The average Bonchev–Trinajstić information content (AvgIpc) is 2.66. The molecule has 0 amide bonds. The Morgan fingerprint density at radius 3 is 2.22 bits per heavy atom. The molecule has 1 aliphatic rings. The zero-order chi connectivity index (χ0) is 23.5. The summed E-state index contributed by atoms with van der Waals surface area (Å²) in [6.07, 6.45) is 0. The summed E-state index contributed by atoms with van der Waals surface area (Å²) >= 11 is 6.19. The highest BCUT2D eigenvalue weighted by molar-refractivity contribution is 6.30. The molecule has 11 heteroatoms. The second-order valence-corrected chi connectivity index (χ2v) is 8.56. The number of aromatic nitrogens is 4.